The highest BCUT2D eigenvalue weighted by molar-refractivity contribution is 5.80. The molecule has 2 aromatic heterocycles. The molecule has 1 amide bonds. The molecule has 3 heterocycles. The third kappa shape index (κ3) is 2.43. The van der Waals surface area contributed by atoms with E-state index in [1.165, 1.54) is 6.33 Å². The number of aryl methyl sites for hydroxylation is 2. The molecule has 0 saturated heterocycles. The molecule has 1 aliphatic rings. The smallest absolute Gasteiger partial charge is 0.244 e. The molecule has 0 bridgehead atoms. The van der Waals surface area contributed by atoms with Crippen molar-refractivity contribution in [3.05, 3.63) is 30.4 Å². The van der Waals surface area contributed by atoms with Gasteiger partial charge in [0.05, 0.1) is 5.69 Å². The zero-order chi connectivity index (χ0) is 14.1. The first-order valence-electron chi connectivity index (χ1n) is 6.80. The number of imidazole rings is 1. The van der Waals surface area contributed by atoms with Crippen LogP contribution in [0.4, 0.5) is 0 Å². The normalized spacial score (nSPS) is 19.4. The van der Waals surface area contributed by atoms with Crippen LogP contribution in [-0.2, 0) is 17.8 Å². The summed E-state index contributed by atoms with van der Waals surface area (Å²) in [6.07, 6.45) is 6.85. The summed E-state index contributed by atoms with van der Waals surface area (Å²) < 4.78 is 3.69. The number of hydrogen-bond acceptors (Lipinski definition) is 4. The van der Waals surface area contributed by atoms with Gasteiger partial charge < -0.3 is 9.88 Å². The highest BCUT2D eigenvalue weighted by atomic mass is 16.2. The van der Waals surface area contributed by atoms with E-state index in [9.17, 15) is 4.79 Å². The van der Waals surface area contributed by atoms with Crippen LogP contribution in [0.5, 0.6) is 0 Å². The van der Waals surface area contributed by atoms with E-state index in [-0.39, 0.29) is 18.0 Å². The molecule has 106 valence electrons. The summed E-state index contributed by atoms with van der Waals surface area (Å²) in [5.41, 5.74) is 1.03. The second-order valence-corrected chi connectivity index (χ2v) is 5.25. The number of carbonyl (C=O) groups is 1. The van der Waals surface area contributed by atoms with Crippen molar-refractivity contribution in [2.75, 3.05) is 0 Å². The number of nitrogens with zero attached hydrogens (tertiary/aromatic N) is 5. The van der Waals surface area contributed by atoms with Gasteiger partial charge in [0, 0.05) is 25.2 Å². The average molecular weight is 274 g/mol. The van der Waals surface area contributed by atoms with Crippen LogP contribution in [0.25, 0.3) is 0 Å². The molecule has 2 aromatic rings. The van der Waals surface area contributed by atoms with Gasteiger partial charge in [-0.1, -0.05) is 0 Å². The molecule has 0 fully saturated rings. The summed E-state index contributed by atoms with van der Waals surface area (Å²) in [5, 5.41) is 7.08. The summed E-state index contributed by atoms with van der Waals surface area (Å²) in [6.45, 7) is 4.59. The lowest BCUT2D eigenvalue weighted by molar-refractivity contribution is -0.125. The molecule has 0 saturated carbocycles. The predicted octanol–water partition coefficient (Wildman–Crippen LogP) is 0.475. The van der Waals surface area contributed by atoms with Gasteiger partial charge in [0.25, 0.3) is 0 Å². The van der Waals surface area contributed by atoms with Gasteiger partial charge in [-0.25, -0.2) is 14.6 Å². The van der Waals surface area contributed by atoms with Gasteiger partial charge in [0.1, 0.15) is 24.5 Å². The zero-order valence-electron chi connectivity index (χ0n) is 11.7. The number of nitrogens with one attached hydrogen (secondary N) is 1. The molecule has 0 aromatic carbocycles. The Morgan fingerprint density at radius 2 is 2.40 bits per heavy atom. The Morgan fingerprint density at radius 1 is 1.55 bits per heavy atom. The van der Waals surface area contributed by atoms with E-state index < -0.39 is 0 Å². The monoisotopic (exact) mass is 274 g/mol. The fourth-order valence-electron chi connectivity index (χ4n) is 2.56. The van der Waals surface area contributed by atoms with Crippen LogP contribution in [0.2, 0.25) is 0 Å². The molecule has 1 N–H and O–H groups in total. The Balaban J connectivity index is 1.63. The number of carbonyl (C=O) groups excluding carboxylic acids is 1. The van der Waals surface area contributed by atoms with Gasteiger partial charge in [0.15, 0.2) is 0 Å². The summed E-state index contributed by atoms with van der Waals surface area (Å²) in [5.74, 6) is 1.08. The van der Waals surface area contributed by atoms with Crippen molar-refractivity contribution in [2.45, 2.75) is 45.3 Å². The van der Waals surface area contributed by atoms with E-state index in [1.807, 2.05) is 20.0 Å². The molecule has 7 heteroatoms. The van der Waals surface area contributed by atoms with Crippen LogP contribution >= 0.6 is 0 Å². The Bertz CT molecular complexity index is 602. The van der Waals surface area contributed by atoms with E-state index in [4.69, 9.17) is 0 Å². The van der Waals surface area contributed by atoms with Crippen molar-refractivity contribution in [3.8, 4) is 0 Å². The van der Waals surface area contributed by atoms with E-state index in [0.29, 0.717) is 0 Å². The lowest BCUT2D eigenvalue weighted by Gasteiger charge is -2.26. The Kier molecular flexibility index (Phi) is 3.25. The average Bonchev–Trinajstić information content (AvgIpc) is 3.05. The van der Waals surface area contributed by atoms with Gasteiger partial charge in [-0.2, -0.15) is 5.10 Å². The molecule has 2 unspecified atom stereocenters. The van der Waals surface area contributed by atoms with E-state index in [2.05, 4.69) is 25.0 Å². The number of rotatable bonds is 3. The zero-order valence-corrected chi connectivity index (χ0v) is 11.7. The number of hydrogen-bond donors (Lipinski definition) is 1. The van der Waals surface area contributed by atoms with Crippen LogP contribution in [0.15, 0.2) is 18.9 Å². The minimum Gasteiger partial charge on any atom is -0.350 e. The molecule has 7 nitrogen and oxygen atoms in total. The lowest BCUT2D eigenvalue weighted by Crippen LogP contribution is -2.43. The van der Waals surface area contributed by atoms with E-state index >= 15 is 0 Å². The Labute approximate surface area is 117 Å². The maximum atomic E-state index is 12.2. The SMILES string of the molecule is Cc1cn2c(n1)CCC(NC(=O)C(C)n1cncn1)C2. The Hall–Kier alpha value is -2.18. The van der Waals surface area contributed by atoms with Crippen LogP contribution in [0, 0.1) is 6.92 Å². The summed E-state index contributed by atoms with van der Waals surface area (Å²) >= 11 is 0. The molecule has 1 aliphatic heterocycles. The largest absolute Gasteiger partial charge is 0.350 e. The van der Waals surface area contributed by atoms with E-state index in [1.54, 1.807) is 11.0 Å². The van der Waals surface area contributed by atoms with Crippen LogP contribution in [0.1, 0.15) is 30.9 Å². The third-order valence-electron chi connectivity index (χ3n) is 3.67. The number of aromatic nitrogens is 5. The minimum absolute atomic E-state index is 0.0270. The predicted molar refractivity (Wildman–Crippen MR) is 71.9 cm³/mol. The number of amides is 1. The summed E-state index contributed by atoms with van der Waals surface area (Å²) in [4.78, 5) is 20.5. The van der Waals surface area contributed by atoms with Crippen LogP contribution in [-0.4, -0.2) is 36.3 Å². The first-order chi connectivity index (χ1) is 9.63. The number of fused-ring (bicyclic) bond motifs is 1. The van der Waals surface area contributed by atoms with Crippen molar-refractivity contribution in [2.24, 2.45) is 0 Å². The third-order valence-corrected chi connectivity index (χ3v) is 3.67. The van der Waals surface area contributed by atoms with Crippen molar-refractivity contribution in [1.29, 1.82) is 0 Å². The summed E-state index contributed by atoms with van der Waals surface area (Å²) in [7, 11) is 0. The van der Waals surface area contributed by atoms with Gasteiger partial charge in [-0.3, -0.25) is 4.79 Å². The Morgan fingerprint density at radius 3 is 3.15 bits per heavy atom. The van der Waals surface area contributed by atoms with Crippen molar-refractivity contribution >= 4 is 5.91 Å². The lowest BCUT2D eigenvalue weighted by atomic mass is 10.1. The minimum atomic E-state index is -0.344. The first-order valence-corrected chi connectivity index (χ1v) is 6.80. The topological polar surface area (TPSA) is 77.6 Å². The quantitative estimate of drug-likeness (QED) is 0.883. The molecule has 20 heavy (non-hydrogen) atoms. The molecular weight excluding hydrogens is 256 g/mol. The standard InChI is InChI=1S/C13H18N6O/c1-9-5-18-6-11(3-4-12(18)16-9)17-13(20)10(2)19-8-14-7-15-19/h5,7-8,10-11H,3-4,6H2,1-2H3,(H,17,20). The van der Waals surface area contributed by atoms with Crippen LogP contribution in [0.3, 0.4) is 0 Å². The maximum Gasteiger partial charge on any atom is 0.244 e. The molecule has 2 atom stereocenters. The second-order valence-electron chi connectivity index (χ2n) is 5.25. The molecule has 0 aliphatic carbocycles. The fraction of sp³-hybridized carbons (Fsp3) is 0.538. The molecule has 0 spiro atoms. The highest BCUT2D eigenvalue weighted by Gasteiger charge is 2.24. The van der Waals surface area contributed by atoms with Gasteiger partial charge in [-0.15, -0.1) is 0 Å². The van der Waals surface area contributed by atoms with Gasteiger partial charge in [0.2, 0.25) is 5.91 Å². The van der Waals surface area contributed by atoms with Gasteiger partial charge in [-0.05, 0) is 20.3 Å². The van der Waals surface area contributed by atoms with E-state index in [0.717, 1.165) is 30.9 Å². The maximum absolute atomic E-state index is 12.2. The van der Waals surface area contributed by atoms with Crippen molar-refractivity contribution in [3.63, 3.8) is 0 Å². The first kappa shape index (κ1) is 12.8. The molecule has 3 rings (SSSR count). The second kappa shape index (κ2) is 5.07. The molecule has 0 radical (unpaired) electrons. The highest BCUT2D eigenvalue weighted by Crippen LogP contribution is 2.15. The summed E-state index contributed by atoms with van der Waals surface area (Å²) in [6, 6.07) is -0.196. The van der Waals surface area contributed by atoms with Crippen LogP contribution < -0.4 is 5.32 Å². The molecular formula is C13H18N6O. The van der Waals surface area contributed by atoms with Crippen molar-refractivity contribution < 1.29 is 4.79 Å². The fourth-order valence-corrected chi connectivity index (χ4v) is 2.56. The van der Waals surface area contributed by atoms with Crippen molar-refractivity contribution in [1.82, 2.24) is 29.6 Å². The van der Waals surface area contributed by atoms with Gasteiger partial charge >= 0.3 is 0 Å².